The normalized spacial score (nSPS) is 14.8. The Hall–Kier alpha value is -2.30. The fourth-order valence-electron chi connectivity index (χ4n) is 2.37. The van der Waals surface area contributed by atoms with Gasteiger partial charge in [0.2, 0.25) is 0 Å². The number of rotatable bonds is 3. The molecule has 1 aromatic heterocycles. The molecule has 1 fully saturated rings. The van der Waals surface area contributed by atoms with Crippen LogP contribution in [0.3, 0.4) is 0 Å². The summed E-state index contributed by atoms with van der Waals surface area (Å²) in [5.41, 5.74) is 2.28. The van der Waals surface area contributed by atoms with Crippen molar-refractivity contribution in [1.82, 2.24) is 9.78 Å². The highest BCUT2D eigenvalue weighted by Gasteiger charge is 2.12. The van der Waals surface area contributed by atoms with Crippen LogP contribution >= 0.6 is 0 Å². The van der Waals surface area contributed by atoms with E-state index in [4.69, 9.17) is 5.11 Å². The van der Waals surface area contributed by atoms with E-state index in [0.29, 0.717) is 0 Å². The lowest BCUT2D eigenvalue weighted by Crippen LogP contribution is -2.17. The van der Waals surface area contributed by atoms with Gasteiger partial charge in [0, 0.05) is 25.0 Å². The van der Waals surface area contributed by atoms with Gasteiger partial charge in [0.05, 0.1) is 17.4 Å². The van der Waals surface area contributed by atoms with Crippen molar-refractivity contribution in [3.63, 3.8) is 0 Å². The number of hydrogen-bond donors (Lipinski definition) is 1. The van der Waals surface area contributed by atoms with Gasteiger partial charge in [-0.05, 0) is 37.1 Å². The number of aromatic nitrogens is 2. The largest absolute Gasteiger partial charge is 0.478 e. The molecule has 5 nitrogen and oxygen atoms in total. The summed E-state index contributed by atoms with van der Waals surface area (Å²) in [4.78, 5) is 13.2. The summed E-state index contributed by atoms with van der Waals surface area (Å²) in [6.45, 7) is 2.23. The first-order valence-corrected chi connectivity index (χ1v) is 6.37. The van der Waals surface area contributed by atoms with Gasteiger partial charge in [-0.25, -0.2) is 9.48 Å². The average Bonchev–Trinajstić information content (AvgIpc) is 3.11. The van der Waals surface area contributed by atoms with Gasteiger partial charge in [0.15, 0.2) is 0 Å². The first-order valence-electron chi connectivity index (χ1n) is 6.37. The molecule has 0 radical (unpaired) electrons. The van der Waals surface area contributed by atoms with E-state index in [1.54, 1.807) is 4.68 Å². The molecule has 3 rings (SSSR count). The smallest absolute Gasteiger partial charge is 0.338 e. The van der Waals surface area contributed by atoms with Crippen molar-refractivity contribution in [2.24, 2.45) is 0 Å². The molecule has 1 N–H and O–H groups in total. The SMILES string of the molecule is O=C(O)c1cnn(-c2ccc(N3CCCC3)cc2)c1. The molecule has 0 saturated carbocycles. The predicted molar refractivity (Wildman–Crippen MR) is 72.0 cm³/mol. The molecule has 0 aliphatic carbocycles. The number of hydrogen-bond acceptors (Lipinski definition) is 3. The molecule has 1 aromatic carbocycles. The molecule has 98 valence electrons. The zero-order chi connectivity index (χ0) is 13.2. The predicted octanol–water partition coefficient (Wildman–Crippen LogP) is 2.17. The standard InChI is InChI=1S/C14H15N3O2/c18-14(19)11-9-15-17(10-11)13-5-3-12(4-6-13)16-7-1-2-8-16/h3-6,9-10H,1-2,7-8H2,(H,18,19). The molecule has 1 saturated heterocycles. The fraction of sp³-hybridized carbons (Fsp3) is 0.286. The summed E-state index contributed by atoms with van der Waals surface area (Å²) >= 11 is 0. The molecular weight excluding hydrogens is 242 g/mol. The lowest BCUT2D eigenvalue weighted by molar-refractivity contribution is 0.0697. The average molecular weight is 257 g/mol. The second-order valence-electron chi connectivity index (χ2n) is 4.69. The summed E-state index contributed by atoms with van der Waals surface area (Å²) in [6, 6.07) is 8.05. The van der Waals surface area contributed by atoms with Crippen LogP contribution < -0.4 is 4.90 Å². The van der Waals surface area contributed by atoms with Crippen molar-refractivity contribution < 1.29 is 9.90 Å². The van der Waals surface area contributed by atoms with Crippen LogP contribution in [-0.2, 0) is 0 Å². The molecule has 2 heterocycles. The van der Waals surface area contributed by atoms with Gasteiger partial charge in [0.1, 0.15) is 0 Å². The zero-order valence-electron chi connectivity index (χ0n) is 10.5. The van der Waals surface area contributed by atoms with Crippen LogP contribution in [0.4, 0.5) is 5.69 Å². The number of nitrogens with zero attached hydrogens (tertiary/aromatic N) is 3. The minimum Gasteiger partial charge on any atom is -0.478 e. The van der Waals surface area contributed by atoms with E-state index in [-0.39, 0.29) is 5.56 Å². The van der Waals surface area contributed by atoms with Crippen LogP contribution in [0.5, 0.6) is 0 Å². The zero-order valence-corrected chi connectivity index (χ0v) is 10.5. The van der Waals surface area contributed by atoms with Gasteiger partial charge in [-0.2, -0.15) is 5.10 Å². The molecule has 0 amide bonds. The topological polar surface area (TPSA) is 58.4 Å². The Bertz CT molecular complexity index is 583. The summed E-state index contributed by atoms with van der Waals surface area (Å²) in [7, 11) is 0. The third kappa shape index (κ3) is 2.31. The van der Waals surface area contributed by atoms with Crippen LogP contribution in [0.15, 0.2) is 36.7 Å². The highest BCUT2D eigenvalue weighted by Crippen LogP contribution is 2.21. The number of anilines is 1. The molecule has 0 spiro atoms. The van der Waals surface area contributed by atoms with Crippen LogP contribution in [-0.4, -0.2) is 33.9 Å². The Morgan fingerprint density at radius 3 is 2.32 bits per heavy atom. The maximum Gasteiger partial charge on any atom is 0.338 e. The van der Waals surface area contributed by atoms with Gasteiger partial charge in [-0.1, -0.05) is 0 Å². The molecular formula is C14H15N3O2. The van der Waals surface area contributed by atoms with Gasteiger partial charge in [-0.3, -0.25) is 0 Å². The first-order chi connectivity index (χ1) is 9.24. The summed E-state index contributed by atoms with van der Waals surface area (Å²) in [5.74, 6) is -0.958. The van der Waals surface area contributed by atoms with E-state index in [2.05, 4.69) is 22.1 Å². The Morgan fingerprint density at radius 1 is 1.11 bits per heavy atom. The van der Waals surface area contributed by atoms with Gasteiger partial charge in [-0.15, -0.1) is 0 Å². The quantitative estimate of drug-likeness (QED) is 0.915. The number of carboxylic acid groups (broad SMARTS) is 1. The second-order valence-corrected chi connectivity index (χ2v) is 4.69. The lowest BCUT2D eigenvalue weighted by Gasteiger charge is -2.17. The van der Waals surface area contributed by atoms with Crippen LogP contribution in [0.1, 0.15) is 23.2 Å². The Labute approximate surface area is 111 Å². The maximum absolute atomic E-state index is 10.8. The minimum atomic E-state index is -0.958. The minimum absolute atomic E-state index is 0.198. The van der Waals surface area contributed by atoms with Crippen molar-refractivity contribution in [3.8, 4) is 5.69 Å². The molecule has 1 aliphatic heterocycles. The van der Waals surface area contributed by atoms with Crippen molar-refractivity contribution in [3.05, 3.63) is 42.2 Å². The Morgan fingerprint density at radius 2 is 1.74 bits per heavy atom. The van der Waals surface area contributed by atoms with Crippen LogP contribution in [0.25, 0.3) is 5.69 Å². The van der Waals surface area contributed by atoms with E-state index in [9.17, 15) is 4.79 Å². The maximum atomic E-state index is 10.8. The number of carboxylic acids is 1. The molecule has 1 aliphatic rings. The van der Waals surface area contributed by atoms with Crippen molar-refractivity contribution in [1.29, 1.82) is 0 Å². The highest BCUT2D eigenvalue weighted by molar-refractivity contribution is 5.86. The van der Waals surface area contributed by atoms with E-state index in [1.807, 2.05) is 12.1 Å². The molecule has 0 bridgehead atoms. The molecule has 0 unspecified atom stereocenters. The number of carbonyl (C=O) groups is 1. The Balaban J connectivity index is 1.82. The lowest BCUT2D eigenvalue weighted by atomic mass is 10.2. The van der Waals surface area contributed by atoms with Gasteiger partial charge in [0.25, 0.3) is 0 Å². The van der Waals surface area contributed by atoms with Crippen molar-refractivity contribution in [2.75, 3.05) is 18.0 Å². The van der Waals surface area contributed by atoms with Crippen LogP contribution in [0.2, 0.25) is 0 Å². The third-order valence-electron chi connectivity index (χ3n) is 3.42. The van der Waals surface area contributed by atoms with E-state index < -0.39 is 5.97 Å². The van der Waals surface area contributed by atoms with E-state index in [0.717, 1.165) is 18.8 Å². The summed E-state index contributed by atoms with van der Waals surface area (Å²) in [6.07, 6.45) is 5.38. The number of benzene rings is 1. The van der Waals surface area contributed by atoms with E-state index in [1.165, 1.54) is 30.9 Å². The molecule has 19 heavy (non-hydrogen) atoms. The Kier molecular flexibility index (Phi) is 2.95. The second kappa shape index (κ2) is 4.76. The number of aromatic carboxylic acids is 1. The van der Waals surface area contributed by atoms with Crippen molar-refractivity contribution in [2.45, 2.75) is 12.8 Å². The molecule has 2 aromatic rings. The molecule has 5 heteroatoms. The van der Waals surface area contributed by atoms with Gasteiger partial charge < -0.3 is 10.0 Å². The van der Waals surface area contributed by atoms with Gasteiger partial charge >= 0.3 is 5.97 Å². The molecule has 0 atom stereocenters. The fourth-order valence-corrected chi connectivity index (χ4v) is 2.37. The first kappa shape index (κ1) is 11.8. The third-order valence-corrected chi connectivity index (χ3v) is 3.42. The summed E-state index contributed by atoms with van der Waals surface area (Å²) < 4.78 is 1.58. The highest BCUT2D eigenvalue weighted by atomic mass is 16.4. The summed E-state index contributed by atoms with van der Waals surface area (Å²) in [5, 5.41) is 12.9. The van der Waals surface area contributed by atoms with E-state index >= 15 is 0 Å². The van der Waals surface area contributed by atoms with Crippen LogP contribution in [0, 0.1) is 0 Å². The monoisotopic (exact) mass is 257 g/mol. The van der Waals surface area contributed by atoms with Crippen molar-refractivity contribution >= 4 is 11.7 Å².